The predicted octanol–water partition coefficient (Wildman–Crippen LogP) is 3.76. The second kappa shape index (κ2) is 13.4. The van der Waals surface area contributed by atoms with Gasteiger partial charge in [0, 0.05) is 36.6 Å². The zero-order valence-electron chi connectivity index (χ0n) is 22.3. The molecule has 0 saturated carbocycles. The summed E-state index contributed by atoms with van der Waals surface area (Å²) in [5.74, 6) is 0.124. The van der Waals surface area contributed by atoms with E-state index in [1.165, 1.54) is 13.2 Å². The van der Waals surface area contributed by atoms with Crippen LogP contribution >= 0.6 is 0 Å². The van der Waals surface area contributed by atoms with Crippen molar-refractivity contribution in [3.05, 3.63) is 108 Å². The molecule has 0 spiro atoms. The van der Waals surface area contributed by atoms with E-state index < -0.39 is 18.1 Å². The molecule has 2 unspecified atom stereocenters. The minimum absolute atomic E-state index is 0.00698. The van der Waals surface area contributed by atoms with Crippen LogP contribution in [-0.2, 0) is 4.79 Å². The zero-order chi connectivity index (χ0) is 28.5. The summed E-state index contributed by atoms with van der Waals surface area (Å²) < 4.78 is 10.7. The van der Waals surface area contributed by atoms with Gasteiger partial charge >= 0.3 is 5.97 Å². The number of aromatic hydroxyl groups is 2. The highest BCUT2D eigenvalue weighted by molar-refractivity contribution is 5.69. The smallest absolute Gasteiger partial charge is 0.317 e. The topological polar surface area (TPSA) is 137 Å². The third kappa shape index (κ3) is 6.85. The average Bonchev–Trinajstić information content (AvgIpc) is 2.97. The van der Waals surface area contributed by atoms with Crippen LogP contribution in [0.1, 0.15) is 34.6 Å². The number of aliphatic carboxylic acids is 1. The van der Waals surface area contributed by atoms with Gasteiger partial charge in [0.25, 0.3) is 0 Å². The summed E-state index contributed by atoms with van der Waals surface area (Å²) in [4.78, 5) is 22.7. The Bertz CT molecular complexity index is 1400. The van der Waals surface area contributed by atoms with E-state index in [1.807, 2.05) is 18.2 Å². The first-order chi connectivity index (χ1) is 19.4. The molecule has 0 bridgehead atoms. The summed E-state index contributed by atoms with van der Waals surface area (Å²) in [7, 11) is 3.07. The van der Waals surface area contributed by atoms with Crippen molar-refractivity contribution in [1.29, 1.82) is 0 Å². The summed E-state index contributed by atoms with van der Waals surface area (Å²) in [6.45, 7) is 0.232. The van der Waals surface area contributed by atoms with Gasteiger partial charge < -0.3 is 30.1 Å². The molecule has 2 atom stereocenters. The summed E-state index contributed by atoms with van der Waals surface area (Å²) >= 11 is 0. The number of nitrogens with one attached hydrogen (secondary N) is 1. The molecule has 0 aliphatic carbocycles. The lowest BCUT2D eigenvalue weighted by Crippen LogP contribution is -2.40. The van der Waals surface area contributed by atoms with Crippen LogP contribution in [0, 0.1) is 0 Å². The Labute approximate surface area is 232 Å². The van der Waals surface area contributed by atoms with Crippen LogP contribution in [0.25, 0.3) is 0 Å². The number of methoxy groups -OCH3 is 2. The van der Waals surface area contributed by atoms with E-state index >= 15 is 0 Å². The molecule has 0 radical (unpaired) electrons. The number of hydrogen-bond donors (Lipinski definition) is 4. The standard InChI is InChI=1S/C30H32N4O6/c1-39-20-9-11-26(35)22(17-20)29(24-7-3-5-13-31-24)33-15-16-34(19-28(37)38)30(25-8-4-6-14-32-25)23-18-21(40-2)10-12-27(23)36/h3-14,17-18,29-30,33,35-36H,15-16,19H2,1-2H3,(H,37,38). The first kappa shape index (κ1) is 28.3. The Morgan fingerprint density at radius 1 is 0.850 bits per heavy atom. The van der Waals surface area contributed by atoms with E-state index in [4.69, 9.17) is 9.47 Å². The molecule has 40 heavy (non-hydrogen) atoms. The largest absolute Gasteiger partial charge is 0.508 e. The molecule has 0 saturated heterocycles. The zero-order valence-corrected chi connectivity index (χ0v) is 22.3. The average molecular weight is 545 g/mol. The lowest BCUT2D eigenvalue weighted by atomic mass is 9.99. The maximum Gasteiger partial charge on any atom is 0.317 e. The summed E-state index contributed by atoms with van der Waals surface area (Å²) in [5.41, 5.74) is 2.27. The lowest BCUT2D eigenvalue weighted by molar-refractivity contribution is -0.138. The fourth-order valence-electron chi connectivity index (χ4n) is 4.60. The maximum absolute atomic E-state index is 12.0. The predicted molar refractivity (Wildman–Crippen MR) is 149 cm³/mol. The molecular weight excluding hydrogens is 512 g/mol. The van der Waals surface area contributed by atoms with E-state index in [2.05, 4.69) is 15.3 Å². The van der Waals surface area contributed by atoms with E-state index in [1.54, 1.807) is 72.9 Å². The van der Waals surface area contributed by atoms with Crippen LogP contribution in [0.4, 0.5) is 0 Å². The Balaban J connectivity index is 1.68. The second-order valence-electron chi connectivity index (χ2n) is 9.01. The SMILES string of the molecule is COc1ccc(O)c(C(NCCN(CC(=O)O)C(c2ccccn2)c2cc(OC)ccc2O)c2ccccn2)c1. The molecule has 4 aromatic rings. The highest BCUT2D eigenvalue weighted by atomic mass is 16.5. The molecule has 2 heterocycles. The molecule has 2 aromatic heterocycles. The van der Waals surface area contributed by atoms with E-state index in [0.29, 0.717) is 40.6 Å². The molecule has 0 aliphatic rings. The van der Waals surface area contributed by atoms with Gasteiger partial charge in [-0.05, 0) is 60.7 Å². The molecule has 4 N–H and O–H groups in total. The van der Waals surface area contributed by atoms with E-state index in [-0.39, 0.29) is 24.6 Å². The molecule has 0 fully saturated rings. The second-order valence-corrected chi connectivity index (χ2v) is 9.01. The fraction of sp³-hybridized carbons (Fsp3) is 0.233. The number of rotatable bonds is 13. The number of aromatic nitrogens is 2. The van der Waals surface area contributed by atoms with Gasteiger partial charge in [-0.15, -0.1) is 0 Å². The third-order valence-corrected chi connectivity index (χ3v) is 6.48. The van der Waals surface area contributed by atoms with Gasteiger partial charge in [0.05, 0.1) is 44.2 Å². The maximum atomic E-state index is 12.0. The lowest BCUT2D eigenvalue weighted by Gasteiger charge is -2.32. The van der Waals surface area contributed by atoms with Crippen LogP contribution in [-0.4, -0.2) is 70.0 Å². The van der Waals surface area contributed by atoms with Crippen molar-refractivity contribution >= 4 is 5.97 Å². The number of hydrogen-bond acceptors (Lipinski definition) is 9. The molecule has 0 amide bonds. The first-order valence-electron chi connectivity index (χ1n) is 12.7. The summed E-state index contributed by atoms with van der Waals surface area (Å²) in [6.07, 6.45) is 3.29. The van der Waals surface area contributed by atoms with Gasteiger partial charge in [-0.2, -0.15) is 0 Å². The number of phenolic OH excluding ortho intramolecular Hbond substituents is 2. The van der Waals surface area contributed by atoms with Crippen molar-refractivity contribution in [2.45, 2.75) is 12.1 Å². The number of pyridine rings is 2. The van der Waals surface area contributed by atoms with Crippen LogP contribution < -0.4 is 14.8 Å². The van der Waals surface area contributed by atoms with Gasteiger partial charge in [0.2, 0.25) is 0 Å². The van der Waals surface area contributed by atoms with Gasteiger partial charge in [0.15, 0.2) is 0 Å². The molecular formula is C30H32N4O6. The summed E-state index contributed by atoms with van der Waals surface area (Å²) in [6, 6.07) is 19.5. The molecule has 0 aliphatic heterocycles. The first-order valence-corrected chi connectivity index (χ1v) is 12.7. The minimum Gasteiger partial charge on any atom is -0.508 e. The van der Waals surface area contributed by atoms with Crippen LogP contribution in [0.5, 0.6) is 23.0 Å². The summed E-state index contributed by atoms with van der Waals surface area (Å²) in [5, 5.41) is 34.8. The molecule has 10 heteroatoms. The van der Waals surface area contributed by atoms with Gasteiger partial charge in [-0.1, -0.05) is 12.1 Å². The Hall–Kier alpha value is -4.67. The van der Waals surface area contributed by atoms with Crippen molar-refractivity contribution in [3.63, 3.8) is 0 Å². The van der Waals surface area contributed by atoms with E-state index in [0.717, 1.165) is 0 Å². The van der Waals surface area contributed by atoms with Gasteiger partial charge in [-0.3, -0.25) is 19.7 Å². The van der Waals surface area contributed by atoms with E-state index in [9.17, 15) is 20.1 Å². The van der Waals surface area contributed by atoms with Crippen molar-refractivity contribution in [3.8, 4) is 23.0 Å². The molecule has 4 rings (SSSR count). The van der Waals surface area contributed by atoms with Crippen molar-refractivity contribution in [2.24, 2.45) is 0 Å². The number of carboxylic acids is 1. The number of phenols is 2. The minimum atomic E-state index is -1.03. The van der Waals surface area contributed by atoms with Gasteiger partial charge in [0.1, 0.15) is 23.0 Å². The number of carbonyl (C=O) groups is 1. The van der Waals surface area contributed by atoms with Gasteiger partial charge in [-0.25, -0.2) is 0 Å². The highest BCUT2D eigenvalue weighted by Crippen LogP contribution is 2.36. The van der Waals surface area contributed by atoms with Crippen molar-refractivity contribution < 1.29 is 29.6 Å². The van der Waals surface area contributed by atoms with Crippen LogP contribution in [0.15, 0.2) is 85.2 Å². The number of carboxylic acid groups (broad SMARTS) is 1. The normalized spacial score (nSPS) is 12.6. The Kier molecular flexibility index (Phi) is 9.50. The van der Waals surface area contributed by atoms with Crippen molar-refractivity contribution in [1.82, 2.24) is 20.2 Å². The molecule has 2 aromatic carbocycles. The monoisotopic (exact) mass is 544 g/mol. The Morgan fingerprint density at radius 3 is 1.98 bits per heavy atom. The van der Waals surface area contributed by atoms with Crippen LogP contribution in [0.2, 0.25) is 0 Å². The third-order valence-electron chi connectivity index (χ3n) is 6.48. The Morgan fingerprint density at radius 2 is 1.43 bits per heavy atom. The quantitative estimate of drug-likeness (QED) is 0.197. The highest BCUT2D eigenvalue weighted by Gasteiger charge is 2.29. The number of benzene rings is 2. The van der Waals surface area contributed by atoms with Crippen LogP contribution in [0.3, 0.4) is 0 Å². The fourth-order valence-corrected chi connectivity index (χ4v) is 4.60. The van der Waals surface area contributed by atoms with Crippen molar-refractivity contribution in [2.75, 3.05) is 33.9 Å². The molecule has 208 valence electrons. The number of ether oxygens (including phenoxy) is 2. The molecule has 10 nitrogen and oxygen atoms in total. The number of nitrogens with zero attached hydrogens (tertiary/aromatic N) is 3.